The van der Waals surface area contributed by atoms with Crippen LogP contribution in [0.2, 0.25) is 58.9 Å². The third-order valence-electron chi connectivity index (χ3n) is 1.05. The third kappa shape index (κ3) is 10.6. The van der Waals surface area contributed by atoms with Crippen LogP contribution in [0.3, 0.4) is 0 Å². The molecule has 0 N–H and O–H groups in total. The fourth-order valence-electron chi connectivity index (χ4n) is 0.727. The van der Waals surface area contributed by atoms with E-state index in [-0.39, 0.29) is 7.57 Å². The van der Waals surface area contributed by atoms with Gasteiger partial charge in [0.15, 0.2) is 7.82 Å². The molecule has 0 radical (unpaired) electrons. The van der Waals surface area contributed by atoms with Gasteiger partial charge in [0.1, 0.15) is 0 Å². The van der Waals surface area contributed by atoms with Gasteiger partial charge in [0.2, 0.25) is 32.5 Å². The first-order chi connectivity index (χ1) is 7.12. The van der Waals surface area contributed by atoms with Crippen molar-refractivity contribution in [3.63, 3.8) is 0 Å². The molecule has 0 heterocycles. The maximum atomic E-state index is 6.36. The average molecular weight is 312 g/mol. The Hall–Kier alpha value is 1.03. The molecule has 17 heavy (non-hydrogen) atoms. The van der Waals surface area contributed by atoms with Crippen molar-refractivity contribution >= 4 is 40.3 Å². The van der Waals surface area contributed by atoms with Crippen molar-refractivity contribution in [2.24, 2.45) is 0 Å². The van der Waals surface area contributed by atoms with Crippen LogP contribution in [0.5, 0.6) is 0 Å². The first kappa shape index (κ1) is 18.0. The Labute approximate surface area is 112 Å². The maximum absolute atomic E-state index is 6.36. The van der Waals surface area contributed by atoms with Crippen LogP contribution >= 0.6 is 7.82 Å². The second kappa shape index (κ2) is 5.57. The van der Waals surface area contributed by atoms with Crippen molar-refractivity contribution in [1.82, 2.24) is 0 Å². The summed E-state index contributed by atoms with van der Waals surface area (Å²) in [4.78, 5) is 0. The lowest BCUT2D eigenvalue weighted by Gasteiger charge is -2.39. The van der Waals surface area contributed by atoms with Crippen LogP contribution in [0.25, 0.3) is 0 Å². The standard InChI is InChI=1S/C9H30BO3PSi3/c1-15(2,3)11-14(10,12-16(4,5)6)13-17(7,8)9/h1-10H3. The van der Waals surface area contributed by atoms with E-state index in [4.69, 9.17) is 12.6 Å². The van der Waals surface area contributed by atoms with Crippen LogP contribution in [0.15, 0.2) is 0 Å². The highest BCUT2D eigenvalue weighted by molar-refractivity contribution is 7.88. The summed E-state index contributed by atoms with van der Waals surface area (Å²) in [5, 5.41) is 0. The molecule has 0 aromatic carbocycles. The van der Waals surface area contributed by atoms with Gasteiger partial charge in [0.25, 0.3) is 0 Å². The summed E-state index contributed by atoms with van der Waals surface area (Å²) < 4.78 is 19.1. The fraction of sp³-hybridized carbons (Fsp3) is 1.00. The Morgan fingerprint density at radius 2 is 0.765 bits per heavy atom. The van der Waals surface area contributed by atoms with Crippen molar-refractivity contribution < 1.29 is 12.6 Å². The predicted octanol–water partition coefficient (Wildman–Crippen LogP) is 3.58. The molecule has 0 spiro atoms. The minimum absolute atomic E-state index is 0.0874. The van der Waals surface area contributed by atoms with Crippen LogP contribution in [0, 0.1) is 0 Å². The van der Waals surface area contributed by atoms with Crippen molar-refractivity contribution in [2.75, 3.05) is 0 Å². The monoisotopic (exact) mass is 312 g/mol. The van der Waals surface area contributed by atoms with E-state index in [0.29, 0.717) is 0 Å². The molecule has 0 aromatic heterocycles. The largest absolute Gasteiger partial charge is 0.276 e. The summed E-state index contributed by atoms with van der Waals surface area (Å²) in [5.41, 5.74) is 0. The Morgan fingerprint density at radius 3 is 0.882 bits per heavy atom. The number of hydrogen-bond acceptors (Lipinski definition) is 3. The minimum Gasteiger partial charge on any atom is -0.276 e. The van der Waals surface area contributed by atoms with E-state index in [1.54, 1.807) is 0 Å². The normalized spacial score (nSPS) is 15.2. The van der Waals surface area contributed by atoms with E-state index in [1.807, 2.05) is 0 Å². The van der Waals surface area contributed by atoms with E-state index >= 15 is 0 Å². The van der Waals surface area contributed by atoms with Crippen molar-refractivity contribution in [2.45, 2.75) is 58.9 Å². The summed E-state index contributed by atoms with van der Waals surface area (Å²) >= 11 is 0. The topological polar surface area (TPSA) is 27.7 Å². The van der Waals surface area contributed by atoms with Gasteiger partial charge in [0.05, 0.1) is 0 Å². The zero-order valence-electron chi connectivity index (χ0n) is 12.2. The van der Waals surface area contributed by atoms with Crippen LogP contribution < -0.4 is 0 Å². The first-order valence-corrected chi connectivity index (χ1v) is 17.0. The SMILES string of the molecule is [BH3-][P+](O[Si](C)(C)C)(O[Si](C)(C)C)O[Si](C)(C)C. The molecular weight excluding hydrogens is 282 g/mol. The molecule has 0 saturated carbocycles. The van der Waals surface area contributed by atoms with Gasteiger partial charge >= 0.3 is 0 Å². The molecule has 0 aliphatic heterocycles. The summed E-state index contributed by atoms with van der Waals surface area (Å²) in [6, 6.07) is 0. The fourth-order valence-corrected chi connectivity index (χ4v) is 7.55. The zero-order valence-corrected chi connectivity index (χ0v) is 16.1. The van der Waals surface area contributed by atoms with E-state index in [0.717, 1.165) is 0 Å². The molecule has 0 saturated heterocycles. The third-order valence-corrected chi connectivity index (χ3v) is 9.41. The molecular formula is C9H30BO3PSi3. The first-order valence-electron chi connectivity index (χ1n) is 5.66. The van der Waals surface area contributed by atoms with Crippen molar-refractivity contribution in [1.29, 1.82) is 0 Å². The van der Waals surface area contributed by atoms with Crippen LogP contribution in [-0.4, -0.2) is 32.5 Å². The van der Waals surface area contributed by atoms with Crippen LogP contribution in [0.4, 0.5) is 0 Å². The van der Waals surface area contributed by atoms with E-state index in [9.17, 15) is 0 Å². The highest BCUT2D eigenvalue weighted by atomic mass is 31.2. The highest BCUT2D eigenvalue weighted by Gasteiger charge is 2.44. The highest BCUT2D eigenvalue weighted by Crippen LogP contribution is 2.62. The van der Waals surface area contributed by atoms with Gasteiger partial charge < -0.3 is 0 Å². The zero-order chi connectivity index (χ0) is 14.1. The molecule has 0 amide bonds. The lowest BCUT2D eigenvalue weighted by atomic mass is 10.8. The molecule has 0 atom stereocenters. The Bertz CT molecular complexity index is 217. The molecule has 104 valence electrons. The Morgan fingerprint density at radius 1 is 0.588 bits per heavy atom. The lowest BCUT2D eigenvalue weighted by Crippen LogP contribution is -2.37. The van der Waals surface area contributed by atoms with E-state index < -0.39 is 32.8 Å². The van der Waals surface area contributed by atoms with Gasteiger partial charge in [-0.25, -0.2) is 0 Å². The average Bonchev–Trinajstić information content (AvgIpc) is 1.65. The van der Waals surface area contributed by atoms with Gasteiger partial charge in [-0.2, -0.15) is 0 Å². The molecule has 0 bridgehead atoms. The summed E-state index contributed by atoms with van der Waals surface area (Å²) in [6.07, 6.45) is 0. The van der Waals surface area contributed by atoms with Gasteiger partial charge in [-0.3, -0.25) is 12.6 Å². The van der Waals surface area contributed by atoms with Crippen molar-refractivity contribution in [3.05, 3.63) is 0 Å². The number of rotatable bonds is 6. The Balaban J connectivity index is 4.95. The second-order valence-corrected chi connectivity index (χ2v) is 22.1. The molecule has 0 fully saturated rings. The van der Waals surface area contributed by atoms with Gasteiger partial charge in [-0.05, 0) is 58.9 Å². The summed E-state index contributed by atoms with van der Waals surface area (Å²) in [7, 11) is -6.74. The van der Waals surface area contributed by atoms with Crippen molar-refractivity contribution in [3.8, 4) is 0 Å². The molecule has 0 aromatic rings. The molecule has 3 nitrogen and oxygen atoms in total. The van der Waals surface area contributed by atoms with E-state index in [1.165, 1.54) is 0 Å². The van der Waals surface area contributed by atoms with Gasteiger partial charge in [-0.1, -0.05) is 0 Å². The molecule has 8 heteroatoms. The van der Waals surface area contributed by atoms with E-state index in [2.05, 4.69) is 58.9 Å². The molecule has 0 aliphatic carbocycles. The van der Waals surface area contributed by atoms with Crippen LogP contribution in [-0.2, 0) is 12.6 Å². The predicted molar refractivity (Wildman–Crippen MR) is 90.2 cm³/mol. The number of hydrogen-bond donors (Lipinski definition) is 0. The summed E-state index contributed by atoms with van der Waals surface area (Å²) in [5.74, 6) is 0. The van der Waals surface area contributed by atoms with Gasteiger partial charge in [0, 0.05) is 0 Å². The quantitative estimate of drug-likeness (QED) is 0.554. The molecule has 0 rings (SSSR count). The summed E-state index contributed by atoms with van der Waals surface area (Å²) in [6.45, 7) is 20.0. The molecule has 0 unspecified atom stereocenters. The minimum atomic E-state index is -1.90. The maximum Gasteiger partial charge on any atom is 0.243 e. The molecule has 0 aliphatic rings. The van der Waals surface area contributed by atoms with Gasteiger partial charge in [-0.15, -0.1) is 0 Å². The smallest absolute Gasteiger partial charge is 0.243 e. The van der Waals surface area contributed by atoms with Crippen LogP contribution in [0.1, 0.15) is 0 Å². The lowest BCUT2D eigenvalue weighted by molar-refractivity contribution is 0.372. The Kier molecular flexibility index (Phi) is 5.90. The second-order valence-electron chi connectivity index (χ2n) is 6.83.